The molecule has 0 fully saturated rings. The fourth-order valence-electron chi connectivity index (χ4n) is 2.43. The molecule has 0 saturated carbocycles. The summed E-state index contributed by atoms with van der Waals surface area (Å²) in [5.74, 6) is 0.842. The van der Waals surface area contributed by atoms with Crippen molar-refractivity contribution in [3.05, 3.63) is 53.3 Å². The minimum Gasteiger partial charge on any atom is -0.324 e. The van der Waals surface area contributed by atoms with Crippen LogP contribution in [0.1, 0.15) is 12.5 Å². The Kier molecular flexibility index (Phi) is 5.90. The van der Waals surface area contributed by atoms with E-state index in [0.29, 0.717) is 22.4 Å². The van der Waals surface area contributed by atoms with Crippen molar-refractivity contribution >= 4 is 35.0 Å². The maximum atomic E-state index is 12.2. The van der Waals surface area contributed by atoms with E-state index >= 15 is 0 Å². The Bertz CT molecular complexity index is 913. The summed E-state index contributed by atoms with van der Waals surface area (Å²) in [5, 5.41) is 12.5. The quantitative estimate of drug-likeness (QED) is 0.646. The SMILES string of the molecule is CCn1c(SCC(=O)Nc2ccc(C)cc2Cl)nnc1-c1ccncc1. The normalized spacial score (nSPS) is 10.7. The number of amides is 1. The molecule has 3 aromatic rings. The Morgan fingerprint density at radius 1 is 1.23 bits per heavy atom. The Balaban J connectivity index is 1.68. The molecule has 0 aliphatic rings. The van der Waals surface area contributed by atoms with E-state index < -0.39 is 0 Å². The maximum Gasteiger partial charge on any atom is 0.234 e. The number of halogens is 1. The lowest BCUT2D eigenvalue weighted by molar-refractivity contribution is -0.113. The number of hydrogen-bond acceptors (Lipinski definition) is 5. The predicted octanol–water partition coefficient (Wildman–Crippen LogP) is 4.05. The van der Waals surface area contributed by atoms with Crippen LogP contribution in [0.5, 0.6) is 0 Å². The third-order valence-electron chi connectivity index (χ3n) is 3.70. The van der Waals surface area contributed by atoms with Crippen molar-refractivity contribution in [2.24, 2.45) is 0 Å². The Morgan fingerprint density at radius 2 is 2.00 bits per heavy atom. The van der Waals surface area contributed by atoms with Crippen molar-refractivity contribution in [3.8, 4) is 11.4 Å². The summed E-state index contributed by atoms with van der Waals surface area (Å²) in [6, 6.07) is 9.30. The van der Waals surface area contributed by atoms with Crippen LogP contribution in [0.4, 0.5) is 5.69 Å². The van der Waals surface area contributed by atoms with E-state index in [4.69, 9.17) is 11.6 Å². The van der Waals surface area contributed by atoms with Crippen LogP contribution in [-0.4, -0.2) is 31.4 Å². The molecule has 8 heteroatoms. The fraction of sp³-hybridized carbons (Fsp3) is 0.222. The molecule has 0 unspecified atom stereocenters. The molecule has 0 radical (unpaired) electrons. The van der Waals surface area contributed by atoms with Crippen LogP contribution < -0.4 is 5.32 Å². The molecule has 0 saturated heterocycles. The molecule has 3 rings (SSSR count). The maximum absolute atomic E-state index is 12.2. The number of carbonyl (C=O) groups excluding carboxylic acids is 1. The van der Waals surface area contributed by atoms with Crippen LogP contribution in [0.15, 0.2) is 47.9 Å². The topological polar surface area (TPSA) is 72.7 Å². The van der Waals surface area contributed by atoms with Gasteiger partial charge in [-0.3, -0.25) is 9.78 Å². The molecule has 134 valence electrons. The highest BCUT2D eigenvalue weighted by Gasteiger charge is 2.15. The zero-order valence-corrected chi connectivity index (χ0v) is 16.0. The zero-order chi connectivity index (χ0) is 18.5. The second-order valence-corrected chi connectivity index (χ2v) is 6.96. The number of thioether (sulfide) groups is 1. The van der Waals surface area contributed by atoms with E-state index in [1.807, 2.05) is 42.7 Å². The van der Waals surface area contributed by atoms with Gasteiger partial charge in [-0.25, -0.2) is 0 Å². The van der Waals surface area contributed by atoms with Crippen molar-refractivity contribution in [2.45, 2.75) is 25.5 Å². The number of carbonyl (C=O) groups is 1. The third kappa shape index (κ3) is 4.23. The van der Waals surface area contributed by atoms with Gasteiger partial charge in [0.25, 0.3) is 0 Å². The van der Waals surface area contributed by atoms with E-state index in [1.165, 1.54) is 11.8 Å². The molecule has 0 aliphatic heterocycles. The van der Waals surface area contributed by atoms with Crippen LogP contribution >= 0.6 is 23.4 Å². The number of benzene rings is 1. The molecule has 0 bridgehead atoms. The van der Waals surface area contributed by atoms with Gasteiger partial charge in [-0.1, -0.05) is 29.4 Å². The Labute approximate surface area is 161 Å². The first-order valence-corrected chi connectivity index (χ1v) is 9.47. The van der Waals surface area contributed by atoms with Crippen LogP contribution in [0.2, 0.25) is 5.02 Å². The first-order valence-electron chi connectivity index (χ1n) is 8.11. The van der Waals surface area contributed by atoms with Crippen molar-refractivity contribution in [2.75, 3.05) is 11.1 Å². The van der Waals surface area contributed by atoms with E-state index in [1.54, 1.807) is 18.5 Å². The predicted molar refractivity (Wildman–Crippen MR) is 104 cm³/mol. The highest BCUT2D eigenvalue weighted by atomic mass is 35.5. The van der Waals surface area contributed by atoms with Gasteiger partial charge in [0, 0.05) is 24.5 Å². The van der Waals surface area contributed by atoms with Crippen molar-refractivity contribution in [3.63, 3.8) is 0 Å². The number of nitrogens with zero attached hydrogens (tertiary/aromatic N) is 4. The standard InChI is InChI=1S/C18H18ClN5OS/c1-3-24-17(13-6-8-20-9-7-13)22-23-18(24)26-11-16(25)21-15-5-4-12(2)10-14(15)19/h4-10H,3,11H2,1-2H3,(H,21,25). The van der Waals surface area contributed by atoms with Crippen LogP contribution in [0, 0.1) is 6.92 Å². The summed E-state index contributed by atoms with van der Waals surface area (Å²) >= 11 is 7.50. The van der Waals surface area contributed by atoms with Crippen LogP contribution in [0.25, 0.3) is 11.4 Å². The van der Waals surface area contributed by atoms with E-state index in [9.17, 15) is 4.79 Å². The first-order chi connectivity index (χ1) is 12.6. The summed E-state index contributed by atoms with van der Waals surface area (Å²) in [4.78, 5) is 16.3. The van der Waals surface area contributed by atoms with E-state index in [0.717, 1.165) is 17.0 Å². The van der Waals surface area contributed by atoms with Crippen LogP contribution in [-0.2, 0) is 11.3 Å². The number of aromatic nitrogens is 4. The van der Waals surface area contributed by atoms with Crippen molar-refractivity contribution in [1.29, 1.82) is 0 Å². The number of aryl methyl sites for hydroxylation is 1. The van der Waals surface area contributed by atoms with Gasteiger partial charge < -0.3 is 9.88 Å². The molecular weight excluding hydrogens is 370 g/mol. The minimum atomic E-state index is -0.142. The second-order valence-electron chi connectivity index (χ2n) is 5.61. The molecule has 1 amide bonds. The molecule has 2 heterocycles. The smallest absolute Gasteiger partial charge is 0.234 e. The molecule has 0 spiro atoms. The lowest BCUT2D eigenvalue weighted by atomic mass is 10.2. The van der Waals surface area contributed by atoms with E-state index in [2.05, 4.69) is 20.5 Å². The van der Waals surface area contributed by atoms with Gasteiger partial charge in [-0.05, 0) is 43.7 Å². The van der Waals surface area contributed by atoms with Gasteiger partial charge in [0.1, 0.15) is 0 Å². The molecule has 26 heavy (non-hydrogen) atoms. The average molecular weight is 388 g/mol. The van der Waals surface area contributed by atoms with Crippen molar-refractivity contribution < 1.29 is 4.79 Å². The fourth-order valence-corrected chi connectivity index (χ4v) is 3.52. The minimum absolute atomic E-state index is 0.142. The van der Waals surface area contributed by atoms with Gasteiger partial charge >= 0.3 is 0 Å². The van der Waals surface area contributed by atoms with Gasteiger partial charge in [0.05, 0.1) is 16.5 Å². The number of anilines is 1. The van der Waals surface area contributed by atoms with Gasteiger partial charge in [0.2, 0.25) is 5.91 Å². The average Bonchev–Trinajstić information content (AvgIpc) is 3.06. The molecule has 0 atom stereocenters. The summed E-state index contributed by atoms with van der Waals surface area (Å²) in [5.41, 5.74) is 2.59. The Morgan fingerprint density at radius 3 is 2.69 bits per heavy atom. The monoisotopic (exact) mass is 387 g/mol. The molecule has 6 nitrogen and oxygen atoms in total. The number of hydrogen-bond donors (Lipinski definition) is 1. The second kappa shape index (κ2) is 8.33. The number of pyridine rings is 1. The summed E-state index contributed by atoms with van der Waals surface area (Å²) in [7, 11) is 0. The third-order valence-corrected chi connectivity index (χ3v) is 4.98. The molecular formula is C18H18ClN5OS. The summed E-state index contributed by atoms with van der Waals surface area (Å²) < 4.78 is 1.98. The number of rotatable bonds is 6. The molecule has 0 aliphatic carbocycles. The van der Waals surface area contributed by atoms with E-state index in [-0.39, 0.29) is 11.7 Å². The van der Waals surface area contributed by atoms with Gasteiger partial charge in [-0.15, -0.1) is 10.2 Å². The highest BCUT2D eigenvalue weighted by Crippen LogP contribution is 2.25. The van der Waals surface area contributed by atoms with Gasteiger partial charge in [-0.2, -0.15) is 0 Å². The van der Waals surface area contributed by atoms with Crippen LogP contribution in [0.3, 0.4) is 0 Å². The first kappa shape index (κ1) is 18.4. The lowest BCUT2D eigenvalue weighted by Gasteiger charge is -2.09. The Hall–Kier alpha value is -2.38. The van der Waals surface area contributed by atoms with Crippen molar-refractivity contribution in [1.82, 2.24) is 19.7 Å². The highest BCUT2D eigenvalue weighted by molar-refractivity contribution is 7.99. The zero-order valence-electron chi connectivity index (χ0n) is 14.4. The largest absolute Gasteiger partial charge is 0.324 e. The molecule has 1 N–H and O–H groups in total. The number of nitrogens with one attached hydrogen (secondary N) is 1. The lowest BCUT2D eigenvalue weighted by Crippen LogP contribution is -2.15. The summed E-state index contributed by atoms with van der Waals surface area (Å²) in [6.45, 7) is 4.67. The van der Waals surface area contributed by atoms with Gasteiger partial charge in [0.15, 0.2) is 11.0 Å². The molecule has 2 aromatic heterocycles. The summed E-state index contributed by atoms with van der Waals surface area (Å²) in [6.07, 6.45) is 3.44. The molecule has 1 aromatic carbocycles.